The van der Waals surface area contributed by atoms with Crippen LogP contribution in [0.2, 0.25) is 0 Å². The number of esters is 1. The number of hydrogen-bond donors (Lipinski definition) is 0. The fraction of sp³-hybridized carbons (Fsp3) is 0.290. The molecule has 5 heteroatoms. The Morgan fingerprint density at radius 2 is 1.64 bits per heavy atom. The minimum Gasteiger partial charge on any atom is -0.461 e. The zero-order chi connectivity index (χ0) is 25.1. The third-order valence-electron chi connectivity index (χ3n) is 7.25. The van der Waals surface area contributed by atoms with Crippen molar-refractivity contribution in [1.82, 2.24) is 4.57 Å². The van der Waals surface area contributed by atoms with E-state index in [9.17, 15) is 9.59 Å². The summed E-state index contributed by atoms with van der Waals surface area (Å²) in [4.78, 5) is 29.0. The van der Waals surface area contributed by atoms with Crippen molar-refractivity contribution in [2.24, 2.45) is 5.92 Å². The van der Waals surface area contributed by atoms with Crippen molar-refractivity contribution in [3.63, 3.8) is 0 Å². The zero-order valence-electron chi connectivity index (χ0n) is 20.9. The Balaban J connectivity index is 1.51. The van der Waals surface area contributed by atoms with Crippen LogP contribution in [0.25, 0.3) is 10.9 Å². The quantitative estimate of drug-likeness (QED) is 0.303. The standard InChI is InChI=1S/C31H32N2O3/c1-3-32(4-2)25-16-18-29-27(20-25)26-19-24(31(35)36-21-22-11-7-5-8-12-22)15-17-28(26)33(29)30(34)23-13-9-6-10-14-23/h5-14,16,18,20,24H,3-4,15,17,19,21H2,1-2H3. The van der Waals surface area contributed by atoms with E-state index in [2.05, 4.69) is 36.9 Å². The van der Waals surface area contributed by atoms with Gasteiger partial charge in [-0.1, -0.05) is 48.5 Å². The lowest BCUT2D eigenvalue weighted by molar-refractivity contribution is -0.150. The van der Waals surface area contributed by atoms with E-state index in [1.165, 1.54) is 0 Å². The molecule has 1 heterocycles. The van der Waals surface area contributed by atoms with Crippen LogP contribution in [-0.2, 0) is 29.0 Å². The largest absolute Gasteiger partial charge is 0.461 e. The monoisotopic (exact) mass is 480 g/mol. The second kappa shape index (κ2) is 10.4. The maximum Gasteiger partial charge on any atom is 0.309 e. The molecule has 5 nitrogen and oxygen atoms in total. The Kier molecular flexibility index (Phi) is 6.90. The minimum atomic E-state index is -0.218. The number of hydrogen-bond acceptors (Lipinski definition) is 4. The fourth-order valence-electron chi connectivity index (χ4n) is 5.32. The third-order valence-corrected chi connectivity index (χ3v) is 7.25. The van der Waals surface area contributed by atoms with Gasteiger partial charge in [0, 0.05) is 35.4 Å². The highest BCUT2D eigenvalue weighted by Crippen LogP contribution is 2.37. The molecule has 0 N–H and O–H groups in total. The molecule has 5 rings (SSSR count). The van der Waals surface area contributed by atoms with Gasteiger partial charge in [-0.05, 0) is 74.6 Å². The van der Waals surface area contributed by atoms with E-state index >= 15 is 0 Å². The van der Waals surface area contributed by atoms with E-state index in [0.29, 0.717) is 24.8 Å². The Hall–Kier alpha value is -3.86. The molecule has 0 fully saturated rings. The molecule has 1 atom stereocenters. The van der Waals surface area contributed by atoms with Gasteiger partial charge < -0.3 is 9.64 Å². The Morgan fingerprint density at radius 3 is 2.33 bits per heavy atom. The number of aromatic nitrogens is 1. The van der Waals surface area contributed by atoms with Crippen LogP contribution in [0.3, 0.4) is 0 Å². The van der Waals surface area contributed by atoms with Crippen molar-refractivity contribution in [3.8, 4) is 0 Å². The maximum atomic E-state index is 13.7. The second-order valence-corrected chi connectivity index (χ2v) is 9.34. The van der Waals surface area contributed by atoms with Crippen LogP contribution in [0.5, 0.6) is 0 Å². The van der Waals surface area contributed by atoms with E-state index in [-0.39, 0.29) is 24.4 Å². The number of nitrogens with zero attached hydrogens (tertiary/aromatic N) is 2. The minimum absolute atomic E-state index is 0.0254. The van der Waals surface area contributed by atoms with Gasteiger partial charge in [-0.3, -0.25) is 14.2 Å². The van der Waals surface area contributed by atoms with Crippen LogP contribution in [0.15, 0.2) is 78.9 Å². The molecule has 184 valence electrons. The van der Waals surface area contributed by atoms with Gasteiger partial charge in [0.25, 0.3) is 5.91 Å². The summed E-state index contributed by atoms with van der Waals surface area (Å²) in [6.07, 6.45) is 1.91. The number of fused-ring (bicyclic) bond motifs is 3. The summed E-state index contributed by atoms with van der Waals surface area (Å²) in [6.45, 7) is 6.38. The molecule has 0 amide bonds. The maximum absolute atomic E-state index is 13.7. The van der Waals surface area contributed by atoms with Crippen molar-refractivity contribution in [2.45, 2.75) is 39.7 Å². The Bertz CT molecular complexity index is 1370. The van der Waals surface area contributed by atoms with Crippen LogP contribution in [0, 0.1) is 5.92 Å². The molecular formula is C31H32N2O3. The molecule has 36 heavy (non-hydrogen) atoms. The van der Waals surface area contributed by atoms with Crippen molar-refractivity contribution >= 4 is 28.5 Å². The molecule has 0 saturated heterocycles. The van der Waals surface area contributed by atoms with Gasteiger partial charge in [0.15, 0.2) is 0 Å². The van der Waals surface area contributed by atoms with Crippen LogP contribution >= 0.6 is 0 Å². The molecular weight excluding hydrogens is 448 g/mol. The highest BCUT2D eigenvalue weighted by Gasteiger charge is 2.32. The molecule has 1 unspecified atom stereocenters. The van der Waals surface area contributed by atoms with Gasteiger partial charge in [-0.15, -0.1) is 0 Å². The molecule has 1 aliphatic rings. The molecule has 4 aromatic rings. The third kappa shape index (κ3) is 4.53. The van der Waals surface area contributed by atoms with E-state index in [4.69, 9.17) is 4.74 Å². The lowest BCUT2D eigenvalue weighted by Gasteiger charge is -2.23. The number of carbonyl (C=O) groups excluding carboxylic acids is 2. The number of anilines is 1. The van der Waals surface area contributed by atoms with Crippen molar-refractivity contribution < 1.29 is 14.3 Å². The molecule has 0 saturated carbocycles. The van der Waals surface area contributed by atoms with Gasteiger partial charge in [0.2, 0.25) is 0 Å². The van der Waals surface area contributed by atoms with E-state index in [0.717, 1.165) is 46.5 Å². The smallest absolute Gasteiger partial charge is 0.309 e. The van der Waals surface area contributed by atoms with Crippen molar-refractivity contribution in [1.29, 1.82) is 0 Å². The zero-order valence-corrected chi connectivity index (χ0v) is 20.9. The molecule has 0 radical (unpaired) electrons. The number of carbonyl (C=O) groups is 2. The average molecular weight is 481 g/mol. The summed E-state index contributed by atoms with van der Waals surface area (Å²) in [5, 5.41) is 1.05. The normalized spacial score (nSPS) is 14.9. The molecule has 0 aliphatic heterocycles. The molecule has 0 spiro atoms. The molecule has 1 aliphatic carbocycles. The lowest BCUT2D eigenvalue weighted by atomic mass is 9.86. The number of rotatable bonds is 7. The first-order valence-corrected chi connectivity index (χ1v) is 12.8. The summed E-state index contributed by atoms with van der Waals surface area (Å²) in [7, 11) is 0. The Labute approximate surface area is 212 Å². The van der Waals surface area contributed by atoms with Gasteiger partial charge in [-0.25, -0.2) is 0 Å². The van der Waals surface area contributed by atoms with Crippen molar-refractivity contribution in [2.75, 3.05) is 18.0 Å². The number of ether oxygens (including phenoxy) is 1. The summed E-state index contributed by atoms with van der Waals surface area (Å²) < 4.78 is 7.57. The summed E-state index contributed by atoms with van der Waals surface area (Å²) in [6, 6.07) is 25.5. The fourth-order valence-corrected chi connectivity index (χ4v) is 5.32. The SMILES string of the molecule is CCN(CC)c1ccc2c(c1)c1c(n2C(=O)c2ccccc2)CCC(C(=O)OCc2ccccc2)C1. The van der Waals surface area contributed by atoms with Gasteiger partial charge in [-0.2, -0.15) is 0 Å². The van der Waals surface area contributed by atoms with E-state index in [1.54, 1.807) is 0 Å². The van der Waals surface area contributed by atoms with Crippen LogP contribution in [0.1, 0.15) is 47.4 Å². The van der Waals surface area contributed by atoms with Crippen molar-refractivity contribution in [3.05, 3.63) is 101 Å². The summed E-state index contributed by atoms with van der Waals surface area (Å²) in [5.41, 5.74) is 5.79. The van der Waals surface area contributed by atoms with Crippen LogP contribution < -0.4 is 4.90 Å². The average Bonchev–Trinajstić information content (AvgIpc) is 3.26. The number of benzene rings is 3. The first kappa shape index (κ1) is 23.9. The predicted octanol–water partition coefficient (Wildman–Crippen LogP) is 6.02. The van der Waals surface area contributed by atoms with E-state index < -0.39 is 0 Å². The highest BCUT2D eigenvalue weighted by molar-refractivity contribution is 6.05. The van der Waals surface area contributed by atoms with Crippen LogP contribution in [-0.4, -0.2) is 29.5 Å². The van der Waals surface area contributed by atoms with Crippen LogP contribution in [0.4, 0.5) is 5.69 Å². The summed E-state index contributed by atoms with van der Waals surface area (Å²) in [5.74, 6) is -0.411. The lowest BCUT2D eigenvalue weighted by Crippen LogP contribution is -2.26. The van der Waals surface area contributed by atoms with Gasteiger partial charge in [0.1, 0.15) is 6.61 Å². The Morgan fingerprint density at radius 1 is 0.944 bits per heavy atom. The van der Waals surface area contributed by atoms with E-state index in [1.807, 2.05) is 65.2 Å². The predicted molar refractivity (Wildman–Crippen MR) is 143 cm³/mol. The van der Waals surface area contributed by atoms with Gasteiger partial charge in [0.05, 0.1) is 11.4 Å². The molecule has 0 bridgehead atoms. The van der Waals surface area contributed by atoms with Gasteiger partial charge >= 0.3 is 5.97 Å². The summed E-state index contributed by atoms with van der Waals surface area (Å²) >= 11 is 0. The first-order valence-electron chi connectivity index (χ1n) is 12.8. The highest BCUT2D eigenvalue weighted by atomic mass is 16.5. The molecule has 1 aromatic heterocycles. The first-order chi connectivity index (χ1) is 17.6. The molecule has 3 aromatic carbocycles. The topological polar surface area (TPSA) is 51.5 Å². The second-order valence-electron chi connectivity index (χ2n) is 9.34.